The Hall–Kier alpha value is -3.27. The van der Waals surface area contributed by atoms with Crippen molar-refractivity contribution in [1.82, 2.24) is 24.4 Å². The van der Waals surface area contributed by atoms with Gasteiger partial charge in [-0.25, -0.2) is 9.78 Å². The Kier molecular flexibility index (Phi) is 6.32. The lowest BCUT2D eigenvalue weighted by Gasteiger charge is -2.42. The van der Waals surface area contributed by atoms with Crippen LogP contribution in [0.2, 0.25) is 0 Å². The van der Waals surface area contributed by atoms with E-state index in [4.69, 9.17) is 10.7 Å². The molecule has 4 N–H and O–H groups in total. The molecule has 0 spiro atoms. The topological polar surface area (TPSA) is 112 Å². The number of carbonyl (C=O) groups is 1. The van der Waals surface area contributed by atoms with E-state index in [9.17, 15) is 9.90 Å². The van der Waals surface area contributed by atoms with Crippen LogP contribution in [0, 0.1) is 5.92 Å². The second kappa shape index (κ2) is 9.54. The highest BCUT2D eigenvalue weighted by Crippen LogP contribution is 2.30. The highest BCUT2D eigenvalue weighted by molar-refractivity contribution is 6.36. The van der Waals surface area contributed by atoms with Crippen molar-refractivity contribution >= 4 is 30.8 Å². The number of primary amides is 1. The molecular formula is C24H32BN7O2. The predicted molar refractivity (Wildman–Crippen MR) is 135 cm³/mol. The van der Waals surface area contributed by atoms with Crippen LogP contribution in [0.1, 0.15) is 25.7 Å². The summed E-state index contributed by atoms with van der Waals surface area (Å²) in [5.41, 5.74) is 8.66. The van der Waals surface area contributed by atoms with Gasteiger partial charge in [0.2, 0.25) is 0 Å². The smallest absolute Gasteiger partial charge is 0.314 e. The quantitative estimate of drug-likeness (QED) is 0.490. The summed E-state index contributed by atoms with van der Waals surface area (Å²) >= 11 is 0. The summed E-state index contributed by atoms with van der Waals surface area (Å²) < 4.78 is 1.85. The molecule has 2 fully saturated rings. The summed E-state index contributed by atoms with van der Waals surface area (Å²) in [6.45, 7) is 4.51. The molecule has 2 aromatic heterocycles. The fourth-order valence-electron chi connectivity index (χ4n) is 5.32. The molecule has 2 aliphatic rings. The van der Waals surface area contributed by atoms with Crippen LogP contribution in [0.15, 0.2) is 36.5 Å². The van der Waals surface area contributed by atoms with Crippen molar-refractivity contribution in [2.24, 2.45) is 11.7 Å². The zero-order valence-electron chi connectivity index (χ0n) is 19.7. The summed E-state index contributed by atoms with van der Waals surface area (Å²) in [5.74, 6) is 1.62. The van der Waals surface area contributed by atoms with Crippen LogP contribution in [0.4, 0.5) is 10.6 Å². The molecule has 0 saturated carbocycles. The summed E-state index contributed by atoms with van der Waals surface area (Å²) in [4.78, 5) is 20.6. The van der Waals surface area contributed by atoms with Gasteiger partial charge in [0.1, 0.15) is 19.4 Å². The van der Waals surface area contributed by atoms with E-state index in [2.05, 4.69) is 15.3 Å². The van der Waals surface area contributed by atoms with Crippen LogP contribution < -0.4 is 16.5 Å². The first-order valence-electron chi connectivity index (χ1n) is 12.2. The van der Waals surface area contributed by atoms with Crippen molar-refractivity contribution in [3.05, 3.63) is 36.5 Å². The molecule has 2 saturated heterocycles. The van der Waals surface area contributed by atoms with E-state index in [1.54, 1.807) is 11.0 Å². The van der Waals surface area contributed by atoms with Gasteiger partial charge in [0.15, 0.2) is 5.65 Å². The monoisotopic (exact) mass is 461 g/mol. The second-order valence-electron chi connectivity index (χ2n) is 9.55. The van der Waals surface area contributed by atoms with Gasteiger partial charge in [-0.1, -0.05) is 12.1 Å². The predicted octanol–water partition coefficient (Wildman–Crippen LogP) is 1.03. The molecule has 0 aliphatic carbocycles. The summed E-state index contributed by atoms with van der Waals surface area (Å²) in [7, 11) is 2.00. The Bertz CT molecular complexity index is 1180. The van der Waals surface area contributed by atoms with Crippen LogP contribution in [0.5, 0.6) is 5.75 Å². The van der Waals surface area contributed by atoms with Gasteiger partial charge < -0.3 is 21.1 Å². The number of aromatic hydroxyl groups is 1. The zero-order valence-corrected chi connectivity index (χ0v) is 19.7. The Morgan fingerprint density at radius 2 is 2.00 bits per heavy atom. The number of hydrogen-bond acceptors (Lipinski definition) is 6. The minimum Gasteiger partial charge on any atom is -0.507 e. The molecule has 2 amide bonds. The third kappa shape index (κ3) is 4.55. The molecular weight excluding hydrogens is 429 g/mol. The maximum absolute atomic E-state index is 11.4. The van der Waals surface area contributed by atoms with E-state index in [0.29, 0.717) is 17.5 Å². The number of phenolic OH excluding ortho intramolecular Hbond substituents is 1. The number of anilines is 1. The van der Waals surface area contributed by atoms with Crippen LogP contribution >= 0.6 is 0 Å². The van der Waals surface area contributed by atoms with E-state index in [-0.39, 0.29) is 11.8 Å². The van der Waals surface area contributed by atoms with Gasteiger partial charge in [0.25, 0.3) is 0 Å². The molecule has 10 heteroatoms. The Morgan fingerprint density at radius 1 is 1.21 bits per heavy atom. The Morgan fingerprint density at radius 3 is 2.76 bits per heavy atom. The number of nitrogens with zero attached hydrogens (tertiary/aromatic N) is 5. The normalized spacial score (nSPS) is 20.0. The minimum absolute atomic E-state index is 0.216. The van der Waals surface area contributed by atoms with Crippen molar-refractivity contribution < 1.29 is 9.90 Å². The number of phenols is 1. The Labute approximate surface area is 200 Å². The summed E-state index contributed by atoms with van der Waals surface area (Å²) in [6, 6.07) is 9.46. The van der Waals surface area contributed by atoms with E-state index < -0.39 is 0 Å². The van der Waals surface area contributed by atoms with E-state index in [1.807, 2.05) is 42.8 Å². The Balaban J connectivity index is 1.29. The average molecular weight is 461 g/mol. The molecule has 4 heterocycles. The van der Waals surface area contributed by atoms with Gasteiger partial charge in [-0.3, -0.25) is 4.90 Å². The van der Waals surface area contributed by atoms with E-state index >= 15 is 0 Å². The fraction of sp³-hybridized carbons (Fsp3) is 0.458. The van der Waals surface area contributed by atoms with Gasteiger partial charge in [-0.2, -0.15) is 9.61 Å². The molecule has 9 nitrogen and oxygen atoms in total. The number of urea groups is 1. The van der Waals surface area contributed by atoms with Gasteiger partial charge in [0.05, 0.1) is 5.69 Å². The molecule has 5 rings (SSSR count). The summed E-state index contributed by atoms with van der Waals surface area (Å²) in [5, 5.41) is 18.5. The minimum atomic E-state index is -0.306. The van der Waals surface area contributed by atoms with E-state index in [0.717, 1.165) is 68.2 Å². The molecule has 0 bridgehead atoms. The number of nitrogens with one attached hydrogen (secondary N) is 1. The third-order valence-electron chi connectivity index (χ3n) is 7.24. The molecule has 34 heavy (non-hydrogen) atoms. The van der Waals surface area contributed by atoms with Crippen molar-refractivity contribution in [1.29, 1.82) is 0 Å². The number of para-hydroxylation sites is 1. The number of fused-ring (bicyclic) bond motifs is 1. The van der Waals surface area contributed by atoms with Crippen LogP contribution in [0.3, 0.4) is 0 Å². The lowest BCUT2D eigenvalue weighted by Crippen LogP contribution is -2.51. The first kappa shape index (κ1) is 22.5. The molecule has 1 unspecified atom stereocenters. The van der Waals surface area contributed by atoms with Gasteiger partial charge in [-0.05, 0) is 55.7 Å². The number of piperidine rings is 2. The molecule has 3 aromatic rings. The number of benzene rings is 1. The molecule has 0 radical (unpaired) electrons. The van der Waals surface area contributed by atoms with Crippen LogP contribution in [-0.2, 0) is 0 Å². The SMILES string of the molecule is Bc1cnn2c(NCC3CCCN(C4CCN(C(N)=O)CC4)C3)cc(-c3ccccc3O)nc12. The first-order valence-corrected chi connectivity index (χ1v) is 12.2. The third-order valence-corrected chi connectivity index (χ3v) is 7.24. The standard InChI is InChI=1S/C24H32BN7O2/c25-19-14-28-32-22(12-20(29-23(19)32)18-5-1-2-6-21(18)33)27-13-16-4-3-9-31(15-16)17-7-10-30(11-8-17)24(26)34/h1-2,5-6,12,14,16-17,27,33H,3-4,7-11,13,15,25H2,(H2,26,34). The van der Waals surface area contributed by atoms with Gasteiger partial charge in [0, 0.05) is 50.0 Å². The largest absolute Gasteiger partial charge is 0.507 e. The first-order chi connectivity index (χ1) is 16.5. The number of hydrogen-bond donors (Lipinski definition) is 3. The second-order valence-corrected chi connectivity index (χ2v) is 9.55. The highest BCUT2D eigenvalue weighted by atomic mass is 16.3. The summed E-state index contributed by atoms with van der Waals surface area (Å²) in [6.07, 6.45) is 6.17. The highest BCUT2D eigenvalue weighted by Gasteiger charge is 2.29. The molecule has 178 valence electrons. The number of carbonyl (C=O) groups excluding carboxylic acids is 1. The maximum atomic E-state index is 11.4. The molecule has 1 aromatic carbocycles. The van der Waals surface area contributed by atoms with Crippen molar-refractivity contribution in [3.8, 4) is 17.0 Å². The number of nitrogens with two attached hydrogens (primary N) is 1. The van der Waals surface area contributed by atoms with Crippen LogP contribution in [0.25, 0.3) is 16.9 Å². The zero-order chi connectivity index (χ0) is 23.7. The lowest BCUT2D eigenvalue weighted by atomic mass is 9.94. The number of aromatic nitrogens is 3. The number of amides is 2. The lowest BCUT2D eigenvalue weighted by molar-refractivity contribution is 0.0833. The van der Waals surface area contributed by atoms with Crippen molar-refractivity contribution in [2.75, 3.05) is 38.0 Å². The average Bonchev–Trinajstić information content (AvgIpc) is 3.24. The van der Waals surface area contributed by atoms with Crippen molar-refractivity contribution in [2.45, 2.75) is 31.7 Å². The van der Waals surface area contributed by atoms with Crippen molar-refractivity contribution in [3.63, 3.8) is 0 Å². The molecule has 1 atom stereocenters. The maximum Gasteiger partial charge on any atom is 0.314 e. The number of likely N-dealkylation sites (tertiary alicyclic amines) is 2. The fourth-order valence-corrected chi connectivity index (χ4v) is 5.32. The van der Waals surface area contributed by atoms with Gasteiger partial charge >= 0.3 is 6.03 Å². The number of rotatable bonds is 5. The molecule has 2 aliphatic heterocycles. The van der Waals surface area contributed by atoms with E-state index in [1.165, 1.54) is 12.8 Å². The van der Waals surface area contributed by atoms with Crippen LogP contribution in [-0.4, -0.2) is 82.1 Å². The van der Waals surface area contributed by atoms with Gasteiger partial charge in [-0.15, -0.1) is 0 Å².